The van der Waals surface area contributed by atoms with Crippen molar-refractivity contribution in [2.24, 2.45) is 52.8 Å². The second kappa shape index (κ2) is 43.0. The molecule has 23 rings (SSSR count). The Balaban J connectivity index is 0.000000110. The second-order valence-corrected chi connectivity index (χ2v) is 37.2. The van der Waals surface area contributed by atoms with E-state index in [1.165, 1.54) is 32.1 Å². The fourth-order valence-electron chi connectivity index (χ4n) is 17.9. The van der Waals surface area contributed by atoms with Gasteiger partial charge in [-0.3, -0.25) is 28.4 Å². The highest BCUT2D eigenvalue weighted by Gasteiger charge is 2.29. The molecule has 720 valence electrons. The Labute approximate surface area is 812 Å². The Morgan fingerprint density at radius 1 is 0.442 bits per heavy atom. The average Bonchev–Trinajstić information content (AvgIpc) is 1.62. The van der Waals surface area contributed by atoms with Crippen LogP contribution in [-0.2, 0) is 65.7 Å². The summed E-state index contributed by atoms with van der Waals surface area (Å²) in [6.07, 6.45) is 45.0. The Bertz CT molecular complexity index is 7180. The lowest BCUT2D eigenvalue weighted by Crippen LogP contribution is -2.49. The van der Waals surface area contributed by atoms with Gasteiger partial charge in [0.1, 0.15) is 34.9 Å². The third-order valence-corrected chi connectivity index (χ3v) is 27.1. The van der Waals surface area contributed by atoms with E-state index in [2.05, 4.69) is 142 Å². The van der Waals surface area contributed by atoms with Crippen molar-refractivity contribution in [1.29, 1.82) is 0 Å². The van der Waals surface area contributed by atoms with Gasteiger partial charge in [0, 0.05) is 257 Å². The van der Waals surface area contributed by atoms with Crippen LogP contribution in [0.25, 0.3) is 101 Å². The molecule has 0 spiro atoms. The van der Waals surface area contributed by atoms with Crippen molar-refractivity contribution in [1.82, 2.24) is 173 Å². The van der Waals surface area contributed by atoms with Gasteiger partial charge >= 0.3 is 0 Å². The smallest absolute Gasteiger partial charge is 0.165 e. The molecule has 0 radical (unpaired) electrons. The van der Waals surface area contributed by atoms with Crippen molar-refractivity contribution in [3.63, 3.8) is 0 Å². The van der Waals surface area contributed by atoms with Gasteiger partial charge in [-0.15, -0.1) is 0 Å². The number of nitrogens with zero attached hydrogens (tertiary/aromatic N) is 29. The topological polar surface area (TPSA) is 533 Å². The predicted octanol–water partition coefficient (Wildman–Crippen LogP) is 7.52. The van der Waals surface area contributed by atoms with Crippen LogP contribution in [0.3, 0.4) is 0 Å². The van der Waals surface area contributed by atoms with E-state index in [4.69, 9.17) is 64.1 Å². The van der Waals surface area contributed by atoms with Gasteiger partial charge in [-0.1, -0.05) is 13.3 Å². The van der Waals surface area contributed by atoms with Crippen LogP contribution < -0.4 is 71.6 Å². The summed E-state index contributed by atoms with van der Waals surface area (Å²) in [7, 11) is 9.47. The highest BCUT2D eigenvalue weighted by Crippen LogP contribution is 2.37. The van der Waals surface area contributed by atoms with Crippen LogP contribution in [-0.4, -0.2) is 245 Å². The SMILES string of the molecule is CC(c1cc(N)n2ncc(-c3cnn(C)c3)c2n1)C1CCCNC1.Cc1cc(NCCCN)n2ncc(-c3ccncc3)c2n1.Cn1cc(-c2cnn3c(N)c(Br)c(CC4CNCCN4)nc23)cn1.Cn1cc(-c2cnn3c(N)c(Br)c(CCC4CCCCN4)nc23)cn1.Cn1cc(-c2cnn3c(N)cc(CC4CNC4)nc23)cn1.Cn1cc(-c2cnn3c(N)cc(CC4CNCCO4)nc23)cn1. The van der Waals surface area contributed by atoms with Gasteiger partial charge in [-0.2, -0.15) is 83.2 Å². The second-order valence-electron chi connectivity index (χ2n) is 35.6. The molecule has 18 aromatic heterocycles. The first-order valence-electron chi connectivity index (χ1n) is 46.7. The van der Waals surface area contributed by atoms with Crippen molar-refractivity contribution in [2.75, 3.05) is 119 Å². The van der Waals surface area contributed by atoms with E-state index in [1.807, 2.05) is 151 Å². The average molecular weight is 2000 g/mol. The summed E-state index contributed by atoms with van der Waals surface area (Å²) in [5.74, 6) is 5.53. The van der Waals surface area contributed by atoms with E-state index in [9.17, 15) is 0 Å². The number of nitrogen functional groups attached to an aromatic ring is 5. The third-order valence-electron chi connectivity index (χ3n) is 25.4. The molecular formula is C93H118Br2N42O. The zero-order valence-corrected chi connectivity index (χ0v) is 81.6. The van der Waals surface area contributed by atoms with Gasteiger partial charge in [0.15, 0.2) is 33.9 Å². The van der Waals surface area contributed by atoms with Crippen molar-refractivity contribution in [2.45, 2.75) is 109 Å². The van der Waals surface area contributed by atoms with Crippen molar-refractivity contribution in [3.05, 3.63) is 191 Å². The Hall–Kier alpha value is -13.6. The first-order chi connectivity index (χ1) is 67.1. The molecule has 5 saturated heterocycles. The molecule has 19 N–H and O–H groups in total. The standard InChI is InChI=1S/C17H22BrN7.C17H23N7.C15H19BrN8.C15H19N7O.C15H18N6.C14H17N7/c1-24-10-11(8-21-24)13-9-22-25-16(19)15(18)14(23-17(13)25)6-5-12-4-2-3-7-20-12;1-11(12-4-3-5-19-7-12)15-6-16(18)24-17(22-15)14(9-21-24)13-8-20-23(2)10-13;1-23-8-9(5-20-23)11-7-21-24-14(17)13(16)12(22-15(11)24)4-10-6-18-2-3-19-10;1-21-9-10(6-18-21)13-8-19-22-14(16)5-11(20-15(13)22)4-12-7-17-2-3-23-12;1-11-9-14(18-6-2-5-16)21-15(20-11)13(10-19-21)12-3-7-17-8-4-12;1-20-8-10(6-17-20)12-7-18-21-13(15)3-11(19-14(12)21)2-9-4-16-5-9/h8-10,12,20H,2-7,19H2,1H3;6,8-12,19H,3-5,7,18H2,1-2H3;5,7-8,10,18-19H,2-4,6,17H2,1H3;5-6,8-9,12,17H,2-4,7,16H2,1H3;3-4,7-10,18H,2,5-6,16H2,1H3;3,6-9,16H,2,4-5,15H2,1H3. The molecule has 0 aliphatic carbocycles. The number of ether oxygens (including phenoxy) is 1. The molecule has 138 heavy (non-hydrogen) atoms. The number of morpholine rings is 1. The van der Waals surface area contributed by atoms with Crippen LogP contribution in [0, 0.1) is 18.8 Å². The molecule has 5 aliphatic heterocycles. The third kappa shape index (κ3) is 21.5. The monoisotopic (exact) mass is 2000 g/mol. The van der Waals surface area contributed by atoms with Gasteiger partial charge in [0.2, 0.25) is 0 Å². The largest absolute Gasteiger partial charge is 0.384 e. The molecule has 5 atom stereocenters. The van der Waals surface area contributed by atoms with Crippen molar-refractivity contribution < 1.29 is 4.74 Å². The maximum Gasteiger partial charge on any atom is 0.165 e. The lowest BCUT2D eigenvalue weighted by molar-refractivity contribution is 0.0287. The zero-order chi connectivity index (χ0) is 95.6. The minimum absolute atomic E-state index is 0.128. The number of pyridine rings is 1. The maximum absolute atomic E-state index is 6.30. The normalized spacial score (nSPS) is 17.0. The number of fused-ring (bicyclic) bond motifs is 6. The fraction of sp³-hybridized carbons (Fsp3) is 0.398. The number of piperazine rings is 1. The Kier molecular flexibility index (Phi) is 29.5. The minimum Gasteiger partial charge on any atom is -0.384 e. The van der Waals surface area contributed by atoms with Crippen LogP contribution in [0.15, 0.2) is 157 Å². The molecule has 0 saturated carbocycles. The molecule has 0 aromatic carbocycles. The number of piperidine rings is 2. The van der Waals surface area contributed by atoms with Crippen LogP contribution in [0.5, 0.6) is 0 Å². The number of nitrogens with two attached hydrogens (primary N) is 6. The summed E-state index contributed by atoms with van der Waals surface area (Å²) in [5.41, 5.74) is 58.9. The summed E-state index contributed by atoms with van der Waals surface area (Å²) < 4.78 is 26.5. The Morgan fingerprint density at radius 3 is 1.40 bits per heavy atom. The Morgan fingerprint density at radius 2 is 0.920 bits per heavy atom. The van der Waals surface area contributed by atoms with Crippen LogP contribution in [0.2, 0.25) is 0 Å². The van der Waals surface area contributed by atoms with E-state index in [0.717, 1.165) is 267 Å². The number of anilines is 6. The number of rotatable bonds is 21. The number of hydrogen-bond acceptors (Lipinski definition) is 32. The van der Waals surface area contributed by atoms with Crippen LogP contribution in [0.4, 0.5) is 34.9 Å². The van der Waals surface area contributed by atoms with Gasteiger partial charge in [-0.05, 0) is 159 Å². The summed E-state index contributed by atoms with van der Waals surface area (Å²) in [6.45, 7) is 16.5. The molecule has 45 heteroatoms. The van der Waals surface area contributed by atoms with Gasteiger partial charge in [-0.25, -0.2) is 29.9 Å². The fourth-order valence-corrected chi connectivity index (χ4v) is 18.8. The highest BCUT2D eigenvalue weighted by molar-refractivity contribution is 9.11. The van der Waals surface area contributed by atoms with E-state index >= 15 is 0 Å². The quantitative estimate of drug-likeness (QED) is 0.0309. The molecule has 0 bridgehead atoms. The maximum atomic E-state index is 6.30. The molecule has 5 fully saturated rings. The summed E-state index contributed by atoms with van der Waals surface area (Å²) in [4.78, 5) is 32.8. The van der Waals surface area contributed by atoms with Crippen LogP contribution >= 0.6 is 31.9 Å². The van der Waals surface area contributed by atoms with E-state index in [1.54, 1.807) is 89.4 Å². The predicted molar refractivity (Wildman–Crippen MR) is 539 cm³/mol. The molecule has 18 aromatic rings. The molecular weight excluding hydrogens is 1880 g/mol. The van der Waals surface area contributed by atoms with Crippen LogP contribution in [0.1, 0.15) is 92.0 Å². The van der Waals surface area contributed by atoms with E-state index < -0.39 is 0 Å². The lowest BCUT2D eigenvalue weighted by Gasteiger charge is -2.28. The number of halogens is 2. The first kappa shape index (κ1) is 94.7. The number of hydrogen-bond donors (Lipinski definition) is 13. The van der Waals surface area contributed by atoms with E-state index in [-0.39, 0.29) is 6.10 Å². The number of nitrogens with one attached hydrogen (secondary N) is 7. The summed E-state index contributed by atoms with van der Waals surface area (Å²) >= 11 is 7.20. The minimum atomic E-state index is 0.128. The zero-order valence-electron chi connectivity index (χ0n) is 78.4. The van der Waals surface area contributed by atoms with Crippen molar-refractivity contribution in [3.8, 4) is 66.8 Å². The molecule has 5 unspecified atom stereocenters. The van der Waals surface area contributed by atoms with E-state index in [0.29, 0.717) is 65.5 Å². The summed E-state index contributed by atoms with van der Waals surface area (Å²) in [6, 6.07) is 12.6. The van der Waals surface area contributed by atoms with Gasteiger partial charge in [0.25, 0.3) is 0 Å². The molecule has 5 aliphatic rings. The number of aromatic nitrogens is 29. The summed E-state index contributed by atoms with van der Waals surface area (Å²) in [5, 5.41) is 71.4. The highest BCUT2D eigenvalue weighted by atomic mass is 79.9. The molecule has 0 amide bonds. The van der Waals surface area contributed by atoms with Gasteiger partial charge < -0.3 is 76.4 Å². The van der Waals surface area contributed by atoms with Gasteiger partial charge in [0.05, 0.1) is 101 Å². The van der Waals surface area contributed by atoms with Crippen molar-refractivity contribution >= 4 is 101 Å². The molecule has 43 nitrogen and oxygen atoms in total. The first-order valence-corrected chi connectivity index (χ1v) is 48.3. The molecule has 23 heterocycles. The lowest BCUT2D eigenvalue weighted by atomic mass is 9.85. The number of aryl methyl sites for hydroxylation is 7.